The summed E-state index contributed by atoms with van der Waals surface area (Å²) in [6, 6.07) is 45.9. The van der Waals surface area contributed by atoms with Crippen LogP contribution in [0.4, 0.5) is 0 Å². The first-order chi connectivity index (χ1) is 18.8. The van der Waals surface area contributed by atoms with Crippen LogP contribution in [0.5, 0.6) is 0 Å². The van der Waals surface area contributed by atoms with Gasteiger partial charge in [0.05, 0.1) is 5.52 Å². The van der Waals surface area contributed by atoms with Gasteiger partial charge in [-0.05, 0) is 79.8 Å². The first kappa shape index (κ1) is 20.0. The van der Waals surface area contributed by atoms with Crippen molar-refractivity contribution in [2.75, 3.05) is 0 Å². The van der Waals surface area contributed by atoms with Crippen LogP contribution in [0.15, 0.2) is 132 Å². The monoisotopic (exact) mass is 483 g/mol. The minimum absolute atomic E-state index is 0.914. The van der Waals surface area contributed by atoms with E-state index in [2.05, 4.69) is 126 Å². The van der Waals surface area contributed by atoms with Crippen LogP contribution in [0.25, 0.3) is 82.1 Å². The SMILES string of the molecule is c1ccc(-n2c3ccc(-c4ccc5ccc6cccc7ccc4c5c67)cc3c3oc4ccccc4c32)cc1. The maximum atomic E-state index is 6.52. The number of hydrogen-bond acceptors (Lipinski definition) is 1. The minimum atomic E-state index is 0.914. The summed E-state index contributed by atoms with van der Waals surface area (Å²) in [4.78, 5) is 0. The molecule has 0 unspecified atom stereocenters. The summed E-state index contributed by atoms with van der Waals surface area (Å²) in [6.07, 6.45) is 0. The lowest BCUT2D eigenvalue weighted by molar-refractivity contribution is 0.673. The van der Waals surface area contributed by atoms with E-state index >= 15 is 0 Å². The fourth-order valence-corrected chi connectivity index (χ4v) is 6.47. The van der Waals surface area contributed by atoms with Gasteiger partial charge in [-0.25, -0.2) is 0 Å². The molecule has 9 aromatic rings. The molecule has 0 aliphatic carbocycles. The Labute approximate surface area is 218 Å². The molecule has 0 amide bonds. The molecule has 2 heterocycles. The molecule has 0 radical (unpaired) electrons. The predicted molar refractivity (Wildman–Crippen MR) is 160 cm³/mol. The number of hydrogen-bond donors (Lipinski definition) is 0. The number of aromatic nitrogens is 1. The molecule has 0 aliphatic heterocycles. The van der Waals surface area contributed by atoms with Crippen molar-refractivity contribution in [1.82, 2.24) is 4.57 Å². The number of nitrogens with zero attached hydrogens (tertiary/aromatic N) is 1. The smallest absolute Gasteiger partial charge is 0.161 e. The second-order valence-corrected chi connectivity index (χ2v) is 10.1. The van der Waals surface area contributed by atoms with Crippen LogP contribution < -0.4 is 0 Å². The van der Waals surface area contributed by atoms with Crippen molar-refractivity contribution in [3.05, 3.63) is 127 Å². The standard InChI is InChI=1S/C36H21NO/c1-2-9-26(10-3-1)37-31-20-17-25(21-30(31)36-35(37)29-11-4-5-12-32(29)38-36)27-18-15-24-14-13-22-7-6-8-23-16-19-28(27)34(24)33(22)23/h1-21H. The summed E-state index contributed by atoms with van der Waals surface area (Å²) in [5.74, 6) is 0. The van der Waals surface area contributed by atoms with E-state index in [-0.39, 0.29) is 0 Å². The third-order valence-electron chi connectivity index (χ3n) is 8.13. The fourth-order valence-electron chi connectivity index (χ4n) is 6.47. The molecule has 0 saturated carbocycles. The van der Waals surface area contributed by atoms with Gasteiger partial charge in [0, 0.05) is 16.5 Å². The van der Waals surface area contributed by atoms with Gasteiger partial charge in [0.25, 0.3) is 0 Å². The van der Waals surface area contributed by atoms with Gasteiger partial charge in [-0.3, -0.25) is 0 Å². The fraction of sp³-hybridized carbons (Fsp3) is 0. The molecular formula is C36H21NO. The van der Waals surface area contributed by atoms with Gasteiger partial charge in [0.2, 0.25) is 0 Å². The highest BCUT2D eigenvalue weighted by Crippen LogP contribution is 2.43. The van der Waals surface area contributed by atoms with E-state index < -0.39 is 0 Å². The van der Waals surface area contributed by atoms with Gasteiger partial charge in [-0.2, -0.15) is 0 Å². The Morgan fingerprint density at radius 2 is 1.24 bits per heavy atom. The van der Waals surface area contributed by atoms with E-state index in [9.17, 15) is 0 Å². The lowest BCUT2D eigenvalue weighted by atomic mass is 9.89. The van der Waals surface area contributed by atoms with Crippen molar-refractivity contribution in [2.45, 2.75) is 0 Å². The average molecular weight is 484 g/mol. The first-order valence-corrected chi connectivity index (χ1v) is 13.0. The molecule has 0 aliphatic rings. The summed E-state index contributed by atoms with van der Waals surface area (Å²) in [5.41, 5.74) is 7.69. The highest BCUT2D eigenvalue weighted by molar-refractivity contribution is 6.26. The molecule has 0 N–H and O–H groups in total. The Bertz CT molecular complexity index is 2320. The topological polar surface area (TPSA) is 18.1 Å². The van der Waals surface area contributed by atoms with Gasteiger partial charge in [0.1, 0.15) is 11.1 Å². The second kappa shape index (κ2) is 7.24. The second-order valence-electron chi connectivity index (χ2n) is 10.1. The van der Waals surface area contributed by atoms with E-state index in [4.69, 9.17) is 4.42 Å². The number of furan rings is 1. The summed E-state index contributed by atoms with van der Waals surface area (Å²) in [7, 11) is 0. The van der Waals surface area contributed by atoms with E-state index in [1.807, 2.05) is 6.07 Å². The van der Waals surface area contributed by atoms with Crippen molar-refractivity contribution >= 4 is 65.3 Å². The molecule has 38 heavy (non-hydrogen) atoms. The summed E-state index contributed by atoms with van der Waals surface area (Å²) < 4.78 is 8.86. The van der Waals surface area contributed by atoms with Gasteiger partial charge in [0.15, 0.2) is 5.58 Å². The highest BCUT2D eigenvalue weighted by Gasteiger charge is 2.20. The highest BCUT2D eigenvalue weighted by atomic mass is 16.3. The Morgan fingerprint density at radius 3 is 2.11 bits per heavy atom. The molecule has 2 heteroatoms. The molecule has 7 aromatic carbocycles. The van der Waals surface area contributed by atoms with E-state index in [0.29, 0.717) is 0 Å². The van der Waals surface area contributed by atoms with Crippen LogP contribution in [-0.4, -0.2) is 4.57 Å². The Balaban J connectivity index is 1.39. The molecule has 2 nitrogen and oxygen atoms in total. The zero-order valence-electron chi connectivity index (χ0n) is 20.5. The van der Waals surface area contributed by atoms with Crippen molar-refractivity contribution in [3.63, 3.8) is 0 Å². The van der Waals surface area contributed by atoms with E-state index in [1.165, 1.54) is 43.4 Å². The molecule has 9 rings (SSSR count). The van der Waals surface area contributed by atoms with Crippen LogP contribution in [-0.2, 0) is 0 Å². The molecule has 0 spiro atoms. The van der Waals surface area contributed by atoms with E-state index in [1.54, 1.807) is 0 Å². The zero-order chi connectivity index (χ0) is 24.8. The van der Waals surface area contributed by atoms with Crippen molar-refractivity contribution in [2.24, 2.45) is 0 Å². The number of rotatable bonds is 2. The van der Waals surface area contributed by atoms with Crippen LogP contribution in [0.1, 0.15) is 0 Å². The largest absolute Gasteiger partial charge is 0.454 e. The summed E-state index contributed by atoms with van der Waals surface area (Å²) >= 11 is 0. The minimum Gasteiger partial charge on any atom is -0.454 e. The lowest BCUT2D eigenvalue weighted by Crippen LogP contribution is -1.93. The molecular weight excluding hydrogens is 462 g/mol. The van der Waals surface area contributed by atoms with Crippen molar-refractivity contribution < 1.29 is 4.42 Å². The maximum absolute atomic E-state index is 6.52. The van der Waals surface area contributed by atoms with Crippen LogP contribution in [0, 0.1) is 0 Å². The lowest BCUT2D eigenvalue weighted by Gasteiger charge is -2.14. The summed E-state index contributed by atoms with van der Waals surface area (Å²) in [6.45, 7) is 0. The Morgan fingerprint density at radius 1 is 0.500 bits per heavy atom. The summed E-state index contributed by atoms with van der Waals surface area (Å²) in [5, 5.41) is 10.1. The predicted octanol–water partition coefficient (Wildman–Crippen LogP) is 10.1. The maximum Gasteiger partial charge on any atom is 0.161 e. The zero-order valence-corrected chi connectivity index (χ0v) is 20.5. The number of benzene rings is 7. The average Bonchev–Trinajstić information content (AvgIpc) is 3.51. The molecule has 2 aromatic heterocycles. The normalized spacial score (nSPS) is 12.2. The Kier molecular flexibility index (Phi) is 3.82. The third kappa shape index (κ3) is 2.56. The van der Waals surface area contributed by atoms with Crippen LogP contribution in [0.2, 0.25) is 0 Å². The third-order valence-corrected chi connectivity index (χ3v) is 8.13. The number of para-hydroxylation sites is 2. The molecule has 176 valence electrons. The van der Waals surface area contributed by atoms with Gasteiger partial charge < -0.3 is 8.98 Å². The number of fused-ring (bicyclic) bond motifs is 5. The Hall–Kier alpha value is -5.08. The van der Waals surface area contributed by atoms with Crippen LogP contribution in [0.3, 0.4) is 0 Å². The quantitative estimate of drug-likeness (QED) is 0.224. The van der Waals surface area contributed by atoms with Gasteiger partial charge in [-0.15, -0.1) is 0 Å². The van der Waals surface area contributed by atoms with Gasteiger partial charge >= 0.3 is 0 Å². The molecule has 0 fully saturated rings. The first-order valence-electron chi connectivity index (χ1n) is 13.0. The van der Waals surface area contributed by atoms with Crippen molar-refractivity contribution in [3.8, 4) is 16.8 Å². The van der Waals surface area contributed by atoms with Crippen LogP contribution >= 0.6 is 0 Å². The molecule has 0 atom stereocenters. The molecule has 0 bridgehead atoms. The molecule has 0 saturated heterocycles. The van der Waals surface area contributed by atoms with Crippen molar-refractivity contribution in [1.29, 1.82) is 0 Å². The van der Waals surface area contributed by atoms with E-state index in [0.717, 1.165) is 38.7 Å². The van der Waals surface area contributed by atoms with Gasteiger partial charge in [-0.1, -0.05) is 91.0 Å².